The number of benzene rings is 1. The van der Waals surface area contributed by atoms with E-state index in [4.69, 9.17) is 0 Å². The van der Waals surface area contributed by atoms with Crippen molar-refractivity contribution in [3.05, 3.63) is 35.4 Å². The third kappa shape index (κ3) is 4.43. The smallest absolute Gasteiger partial charge is 0.175 e. The van der Waals surface area contributed by atoms with Gasteiger partial charge in [-0.1, -0.05) is 51.5 Å². The predicted molar refractivity (Wildman–Crippen MR) is 72.9 cm³/mol. The van der Waals surface area contributed by atoms with E-state index in [0.717, 1.165) is 12.8 Å². The fourth-order valence-electron chi connectivity index (χ4n) is 1.53. The molecular formula is C14H20O2S. The second-order valence-electron chi connectivity index (χ2n) is 4.44. The highest BCUT2D eigenvalue weighted by atomic mass is 32.2. The molecule has 1 rings (SSSR count). The van der Waals surface area contributed by atoms with Crippen LogP contribution in [0.1, 0.15) is 43.1 Å². The summed E-state index contributed by atoms with van der Waals surface area (Å²) >= 11 is 0. The van der Waals surface area contributed by atoms with Gasteiger partial charge in [0.25, 0.3) is 0 Å². The van der Waals surface area contributed by atoms with Crippen LogP contribution >= 0.6 is 0 Å². The molecule has 1 atom stereocenters. The van der Waals surface area contributed by atoms with E-state index in [2.05, 4.69) is 6.92 Å². The third-order valence-electron chi connectivity index (χ3n) is 2.61. The number of carbonyl (C=O) groups is 1. The van der Waals surface area contributed by atoms with Crippen molar-refractivity contribution >= 4 is 16.6 Å². The quantitative estimate of drug-likeness (QED) is 0.729. The Morgan fingerprint density at radius 2 is 1.82 bits per heavy atom. The van der Waals surface area contributed by atoms with Crippen molar-refractivity contribution in [3.8, 4) is 0 Å². The Morgan fingerprint density at radius 3 is 2.29 bits per heavy atom. The van der Waals surface area contributed by atoms with Crippen molar-refractivity contribution in [2.24, 2.45) is 0 Å². The standard InChI is InChI=1S/C14H20O2S/c1-4-5-12-6-8-13(9-7-12)14(15)10-17(16)11(2)3/h6-9,11H,4-5,10H2,1-3H3. The van der Waals surface area contributed by atoms with Gasteiger partial charge in [0.15, 0.2) is 5.78 Å². The topological polar surface area (TPSA) is 34.1 Å². The van der Waals surface area contributed by atoms with E-state index in [1.165, 1.54) is 5.56 Å². The molecule has 2 nitrogen and oxygen atoms in total. The molecule has 17 heavy (non-hydrogen) atoms. The average Bonchev–Trinajstić information content (AvgIpc) is 2.30. The fourth-order valence-corrected chi connectivity index (χ4v) is 2.28. The highest BCUT2D eigenvalue weighted by Crippen LogP contribution is 2.08. The van der Waals surface area contributed by atoms with Crippen molar-refractivity contribution in [2.45, 2.75) is 38.9 Å². The molecule has 1 aromatic carbocycles. The Morgan fingerprint density at radius 1 is 1.24 bits per heavy atom. The first-order chi connectivity index (χ1) is 8.04. The molecule has 0 fully saturated rings. The molecule has 0 saturated carbocycles. The summed E-state index contributed by atoms with van der Waals surface area (Å²) in [7, 11) is -1.06. The van der Waals surface area contributed by atoms with Crippen LogP contribution in [-0.2, 0) is 17.2 Å². The maximum atomic E-state index is 11.8. The Hall–Kier alpha value is -0.960. The van der Waals surface area contributed by atoms with Crippen LogP contribution in [0.5, 0.6) is 0 Å². The highest BCUT2D eigenvalue weighted by molar-refractivity contribution is 7.86. The van der Waals surface area contributed by atoms with Gasteiger partial charge >= 0.3 is 0 Å². The van der Waals surface area contributed by atoms with E-state index in [-0.39, 0.29) is 16.8 Å². The molecule has 0 aliphatic heterocycles. The van der Waals surface area contributed by atoms with Gasteiger partial charge in [0.05, 0.1) is 5.75 Å². The third-order valence-corrected chi connectivity index (χ3v) is 4.21. The Kier molecular flexibility index (Phi) is 5.56. The van der Waals surface area contributed by atoms with Crippen LogP contribution in [0.4, 0.5) is 0 Å². The van der Waals surface area contributed by atoms with Crippen LogP contribution in [-0.4, -0.2) is 21.0 Å². The van der Waals surface area contributed by atoms with Gasteiger partial charge in [0, 0.05) is 21.6 Å². The summed E-state index contributed by atoms with van der Waals surface area (Å²) in [6.45, 7) is 5.87. The molecule has 1 aromatic rings. The summed E-state index contributed by atoms with van der Waals surface area (Å²) in [5, 5.41) is 0.0401. The summed E-state index contributed by atoms with van der Waals surface area (Å²) in [5.74, 6) is 0.102. The number of Topliss-reactive ketones (excluding diaryl/α,β-unsaturated/α-hetero) is 1. The van der Waals surface area contributed by atoms with Crippen molar-refractivity contribution < 1.29 is 9.00 Å². The summed E-state index contributed by atoms with van der Waals surface area (Å²) in [6.07, 6.45) is 2.14. The Bertz CT molecular complexity index is 393. The van der Waals surface area contributed by atoms with Crippen molar-refractivity contribution in [1.29, 1.82) is 0 Å². The number of hydrogen-bond donors (Lipinski definition) is 0. The molecule has 3 heteroatoms. The summed E-state index contributed by atoms with van der Waals surface area (Å²) in [6, 6.07) is 7.64. The van der Waals surface area contributed by atoms with E-state index >= 15 is 0 Å². The van der Waals surface area contributed by atoms with Crippen LogP contribution in [0, 0.1) is 0 Å². The molecular weight excluding hydrogens is 232 g/mol. The van der Waals surface area contributed by atoms with E-state index in [9.17, 15) is 9.00 Å². The molecule has 0 heterocycles. The van der Waals surface area contributed by atoms with E-state index in [0.29, 0.717) is 5.56 Å². The lowest BCUT2D eigenvalue weighted by molar-refractivity contribution is 0.102. The number of carbonyl (C=O) groups excluding carboxylic acids is 1. The maximum absolute atomic E-state index is 11.8. The van der Waals surface area contributed by atoms with Crippen LogP contribution < -0.4 is 0 Å². The zero-order valence-electron chi connectivity index (χ0n) is 10.7. The lowest BCUT2D eigenvalue weighted by Crippen LogP contribution is -2.17. The lowest BCUT2D eigenvalue weighted by Gasteiger charge is -2.05. The SMILES string of the molecule is CCCc1ccc(C(=O)CS(=O)C(C)C)cc1. The molecule has 0 aliphatic rings. The van der Waals surface area contributed by atoms with Crippen LogP contribution in [0.25, 0.3) is 0 Å². The predicted octanol–water partition coefficient (Wildman–Crippen LogP) is 2.98. The average molecular weight is 252 g/mol. The van der Waals surface area contributed by atoms with E-state index in [1.54, 1.807) is 0 Å². The zero-order chi connectivity index (χ0) is 12.8. The maximum Gasteiger partial charge on any atom is 0.175 e. The molecule has 0 saturated heterocycles. The Labute approximate surface area is 106 Å². The van der Waals surface area contributed by atoms with Gasteiger partial charge < -0.3 is 0 Å². The number of hydrogen-bond acceptors (Lipinski definition) is 2. The van der Waals surface area contributed by atoms with Crippen LogP contribution in [0.2, 0.25) is 0 Å². The highest BCUT2D eigenvalue weighted by Gasteiger charge is 2.12. The molecule has 0 amide bonds. The Balaban J connectivity index is 2.66. The van der Waals surface area contributed by atoms with Gasteiger partial charge in [-0.25, -0.2) is 0 Å². The molecule has 0 aromatic heterocycles. The number of aryl methyl sites for hydroxylation is 1. The fraction of sp³-hybridized carbons (Fsp3) is 0.500. The molecule has 94 valence electrons. The van der Waals surface area contributed by atoms with E-state index in [1.807, 2.05) is 38.1 Å². The summed E-state index contributed by atoms with van der Waals surface area (Å²) < 4.78 is 11.6. The summed E-state index contributed by atoms with van der Waals surface area (Å²) in [5.41, 5.74) is 1.91. The van der Waals surface area contributed by atoms with Gasteiger partial charge in [-0.15, -0.1) is 0 Å². The largest absolute Gasteiger partial charge is 0.293 e. The van der Waals surface area contributed by atoms with Crippen molar-refractivity contribution in [2.75, 3.05) is 5.75 Å². The minimum atomic E-state index is -1.06. The number of ketones is 1. The monoisotopic (exact) mass is 252 g/mol. The van der Waals surface area contributed by atoms with Crippen LogP contribution in [0.3, 0.4) is 0 Å². The first-order valence-corrected chi connectivity index (χ1v) is 7.42. The van der Waals surface area contributed by atoms with Gasteiger partial charge in [-0.2, -0.15) is 0 Å². The molecule has 1 unspecified atom stereocenters. The minimum Gasteiger partial charge on any atom is -0.293 e. The van der Waals surface area contributed by atoms with Gasteiger partial charge in [-0.3, -0.25) is 9.00 Å². The summed E-state index contributed by atoms with van der Waals surface area (Å²) in [4.78, 5) is 11.8. The molecule has 0 spiro atoms. The van der Waals surface area contributed by atoms with E-state index < -0.39 is 10.8 Å². The first-order valence-electron chi connectivity index (χ1n) is 6.04. The molecule has 0 radical (unpaired) electrons. The second kappa shape index (κ2) is 6.70. The number of rotatable bonds is 6. The zero-order valence-corrected chi connectivity index (χ0v) is 11.5. The van der Waals surface area contributed by atoms with Gasteiger partial charge in [0.2, 0.25) is 0 Å². The normalized spacial score (nSPS) is 12.7. The molecule has 0 N–H and O–H groups in total. The lowest BCUT2D eigenvalue weighted by atomic mass is 10.1. The first kappa shape index (κ1) is 14.1. The van der Waals surface area contributed by atoms with Crippen LogP contribution in [0.15, 0.2) is 24.3 Å². The van der Waals surface area contributed by atoms with Gasteiger partial charge in [-0.05, 0) is 12.0 Å². The molecule has 0 aliphatic carbocycles. The van der Waals surface area contributed by atoms with Crippen molar-refractivity contribution in [1.82, 2.24) is 0 Å². The minimum absolute atomic E-state index is 0.0277. The molecule has 0 bridgehead atoms. The van der Waals surface area contributed by atoms with Crippen molar-refractivity contribution in [3.63, 3.8) is 0 Å². The van der Waals surface area contributed by atoms with Gasteiger partial charge in [0.1, 0.15) is 0 Å². The second-order valence-corrected chi connectivity index (χ2v) is 6.44.